The van der Waals surface area contributed by atoms with E-state index in [-0.39, 0.29) is 17.6 Å². The van der Waals surface area contributed by atoms with Crippen LogP contribution < -0.4 is 10.6 Å². The van der Waals surface area contributed by atoms with Gasteiger partial charge in [0.2, 0.25) is 0 Å². The lowest BCUT2D eigenvalue weighted by atomic mass is 9.98. The Morgan fingerprint density at radius 3 is 2.79 bits per heavy atom. The fourth-order valence-corrected chi connectivity index (χ4v) is 2.97. The molecule has 2 nitrogen and oxygen atoms in total. The van der Waals surface area contributed by atoms with E-state index in [9.17, 15) is 8.78 Å². The molecule has 1 aromatic rings. The van der Waals surface area contributed by atoms with Crippen LogP contribution in [-0.2, 0) is 0 Å². The number of piperidine rings is 1. The highest BCUT2D eigenvalue weighted by Gasteiger charge is 2.40. The molecule has 1 saturated heterocycles. The van der Waals surface area contributed by atoms with Crippen molar-refractivity contribution < 1.29 is 8.78 Å². The van der Waals surface area contributed by atoms with E-state index in [0.717, 1.165) is 32.0 Å². The molecule has 0 amide bonds. The molecule has 104 valence electrons. The number of benzene rings is 1. The third-order valence-corrected chi connectivity index (χ3v) is 4.28. The number of nitrogens with one attached hydrogen (secondary N) is 2. The maximum absolute atomic E-state index is 13.6. The van der Waals surface area contributed by atoms with Crippen LogP contribution in [0.3, 0.4) is 0 Å². The van der Waals surface area contributed by atoms with Crippen LogP contribution in [0.2, 0.25) is 0 Å². The molecule has 2 fully saturated rings. The molecule has 0 aromatic heterocycles. The molecule has 0 spiro atoms. The van der Waals surface area contributed by atoms with Gasteiger partial charge in [-0.25, -0.2) is 8.78 Å². The van der Waals surface area contributed by atoms with Gasteiger partial charge in [-0.2, -0.15) is 0 Å². The molecule has 3 rings (SSSR count). The molecule has 1 unspecified atom stereocenters. The van der Waals surface area contributed by atoms with Gasteiger partial charge in [0.05, 0.1) is 0 Å². The van der Waals surface area contributed by atoms with E-state index in [1.807, 2.05) is 0 Å². The molecule has 0 radical (unpaired) electrons. The minimum atomic E-state index is -0.347. The van der Waals surface area contributed by atoms with Crippen molar-refractivity contribution in [2.75, 3.05) is 19.6 Å². The molecular formula is C15H20F2N2. The third kappa shape index (κ3) is 3.12. The highest BCUT2D eigenvalue weighted by atomic mass is 19.1. The average Bonchev–Trinajstić information content (AvgIpc) is 3.20. The molecule has 1 aliphatic heterocycles. The summed E-state index contributed by atoms with van der Waals surface area (Å²) in [5.41, 5.74) is 0.530. The van der Waals surface area contributed by atoms with Gasteiger partial charge < -0.3 is 10.6 Å². The minimum absolute atomic E-state index is 0.150. The molecule has 1 heterocycles. The first kappa shape index (κ1) is 13.0. The third-order valence-electron chi connectivity index (χ3n) is 4.28. The first-order valence-electron chi connectivity index (χ1n) is 7.13. The molecular weight excluding hydrogens is 246 g/mol. The molecule has 4 heteroatoms. The predicted molar refractivity (Wildman–Crippen MR) is 71.1 cm³/mol. The zero-order valence-electron chi connectivity index (χ0n) is 11.0. The standard InChI is InChI=1S/C15H20F2N2/c16-11-1-2-14(17)12(7-11)13-8-15(13)19-9-10-3-5-18-6-4-10/h1-2,7,10,13,15,18-19H,3-6,8-9H2/t13-,15?/m1/s1. The largest absolute Gasteiger partial charge is 0.317 e. The SMILES string of the molecule is Fc1ccc(F)c([C@H]2CC2NCC2CCNCC2)c1. The van der Waals surface area contributed by atoms with E-state index in [1.165, 1.54) is 31.0 Å². The number of rotatable bonds is 4. The number of hydrogen-bond acceptors (Lipinski definition) is 2. The summed E-state index contributed by atoms with van der Waals surface area (Å²) in [6, 6.07) is 4.07. The quantitative estimate of drug-likeness (QED) is 0.874. The molecule has 0 bridgehead atoms. The van der Waals surface area contributed by atoms with Gasteiger partial charge in [-0.3, -0.25) is 0 Å². The summed E-state index contributed by atoms with van der Waals surface area (Å²) in [7, 11) is 0. The summed E-state index contributed by atoms with van der Waals surface area (Å²) in [6.45, 7) is 3.19. The summed E-state index contributed by atoms with van der Waals surface area (Å²) in [6.07, 6.45) is 3.34. The van der Waals surface area contributed by atoms with E-state index in [1.54, 1.807) is 0 Å². The summed E-state index contributed by atoms with van der Waals surface area (Å²) < 4.78 is 26.8. The maximum atomic E-state index is 13.6. The van der Waals surface area contributed by atoms with Gasteiger partial charge in [-0.15, -0.1) is 0 Å². The van der Waals surface area contributed by atoms with E-state index in [4.69, 9.17) is 0 Å². The monoisotopic (exact) mass is 266 g/mol. The number of hydrogen-bond donors (Lipinski definition) is 2. The normalized spacial score (nSPS) is 27.5. The maximum Gasteiger partial charge on any atom is 0.126 e. The van der Waals surface area contributed by atoms with Crippen molar-refractivity contribution in [3.8, 4) is 0 Å². The lowest BCUT2D eigenvalue weighted by molar-refractivity contribution is 0.355. The molecule has 1 aliphatic carbocycles. The van der Waals surface area contributed by atoms with E-state index in [0.29, 0.717) is 11.6 Å². The summed E-state index contributed by atoms with van der Waals surface area (Å²) in [5.74, 6) is 0.246. The van der Waals surface area contributed by atoms with Gasteiger partial charge in [0.1, 0.15) is 11.6 Å². The van der Waals surface area contributed by atoms with Crippen LogP contribution in [0.5, 0.6) is 0 Å². The van der Waals surface area contributed by atoms with E-state index < -0.39 is 0 Å². The van der Waals surface area contributed by atoms with Crippen LogP contribution >= 0.6 is 0 Å². The fourth-order valence-electron chi connectivity index (χ4n) is 2.97. The van der Waals surface area contributed by atoms with Gasteiger partial charge in [0.25, 0.3) is 0 Å². The van der Waals surface area contributed by atoms with Gasteiger partial charge in [0, 0.05) is 12.0 Å². The first-order chi connectivity index (χ1) is 9.24. The van der Waals surface area contributed by atoms with Crippen LogP contribution in [0, 0.1) is 17.6 Å². The lowest BCUT2D eigenvalue weighted by Crippen LogP contribution is -2.34. The highest BCUT2D eigenvalue weighted by Crippen LogP contribution is 2.42. The minimum Gasteiger partial charge on any atom is -0.317 e. The Balaban J connectivity index is 1.51. The Hall–Kier alpha value is -1.00. The second-order valence-corrected chi connectivity index (χ2v) is 5.72. The molecule has 2 atom stereocenters. The smallest absolute Gasteiger partial charge is 0.126 e. The van der Waals surface area contributed by atoms with E-state index in [2.05, 4.69) is 10.6 Å². The van der Waals surface area contributed by atoms with Crippen LogP contribution in [-0.4, -0.2) is 25.7 Å². The van der Waals surface area contributed by atoms with Crippen molar-refractivity contribution in [3.63, 3.8) is 0 Å². The Morgan fingerprint density at radius 1 is 1.21 bits per heavy atom. The predicted octanol–water partition coefficient (Wildman–Crippen LogP) is 2.41. The van der Waals surface area contributed by atoms with Gasteiger partial charge >= 0.3 is 0 Å². The van der Waals surface area contributed by atoms with Crippen LogP contribution in [0.25, 0.3) is 0 Å². The van der Waals surface area contributed by atoms with E-state index >= 15 is 0 Å². The zero-order chi connectivity index (χ0) is 13.2. The van der Waals surface area contributed by atoms with Crippen LogP contribution in [0.4, 0.5) is 8.78 Å². The average molecular weight is 266 g/mol. The summed E-state index contributed by atoms with van der Waals surface area (Å²) in [4.78, 5) is 0. The van der Waals surface area contributed by atoms with Crippen LogP contribution in [0.1, 0.15) is 30.7 Å². The zero-order valence-corrected chi connectivity index (χ0v) is 11.0. The van der Waals surface area contributed by atoms with Gasteiger partial charge in [-0.1, -0.05) is 0 Å². The second-order valence-electron chi connectivity index (χ2n) is 5.72. The highest BCUT2D eigenvalue weighted by molar-refractivity contribution is 5.30. The molecule has 2 aliphatic rings. The molecule has 2 N–H and O–H groups in total. The van der Waals surface area contributed by atoms with Crippen molar-refractivity contribution in [1.29, 1.82) is 0 Å². The van der Waals surface area contributed by atoms with Gasteiger partial charge in [0.15, 0.2) is 0 Å². The van der Waals surface area contributed by atoms with Gasteiger partial charge in [-0.05, 0) is 68.6 Å². The van der Waals surface area contributed by atoms with Crippen LogP contribution in [0.15, 0.2) is 18.2 Å². The Morgan fingerprint density at radius 2 is 2.00 bits per heavy atom. The van der Waals surface area contributed by atoms with Crippen molar-refractivity contribution in [2.24, 2.45) is 5.92 Å². The second kappa shape index (κ2) is 5.55. The van der Waals surface area contributed by atoms with Crippen molar-refractivity contribution in [1.82, 2.24) is 10.6 Å². The topological polar surface area (TPSA) is 24.1 Å². The summed E-state index contributed by atoms with van der Waals surface area (Å²) >= 11 is 0. The Kier molecular flexibility index (Phi) is 3.80. The van der Waals surface area contributed by atoms with Crippen molar-refractivity contribution in [2.45, 2.75) is 31.2 Å². The van der Waals surface area contributed by atoms with Crippen molar-refractivity contribution >= 4 is 0 Å². The fraction of sp³-hybridized carbons (Fsp3) is 0.600. The Labute approximate surface area is 112 Å². The first-order valence-corrected chi connectivity index (χ1v) is 7.13. The summed E-state index contributed by atoms with van der Waals surface area (Å²) in [5, 5.41) is 6.85. The molecule has 1 aromatic carbocycles. The number of halogens is 2. The lowest BCUT2D eigenvalue weighted by Gasteiger charge is -2.22. The Bertz CT molecular complexity index is 444. The molecule has 19 heavy (non-hydrogen) atoms. The van der Waals surface area contributed by atoms with Crippen molar-refractivity contribution in [3.05, 3.63) is 35.4 Å². The molecule has 1 saturated carbocycles.